The Morgan fingerprint density at radius 2 is 1.64 bits per heavy atom. The zero-order valence-electron chi connectivity index (χ0n) is 14.9. The van der Waals surface area contributed by atoms with Crippen molar-refractivity contribution in [1.82, 2.24) is 0 Å². The summed E-state index contributed by atoms with van der Waals surface area (Å²) >= 11 is 0. The standard InChI is InChI=1S/C22H18N2O4/c25-22(23-20-8-4-5-9-21(20)24(26)27)15-12-17-10-13-19(14-11-17)28-16-18-6-2-1-3-7-18/h1-15H,16H2,(H,23,25). The molecule has 0 saturated heterocycles. The normalized spacial score (nSPS) is 10.6. The quantitative estimate of drug-likeness (QED) is 0.365. The first-order valence-electron chi connectivity index (χ1n) is 8.61. The number of rotatable bonds is 7. The molecule has 0 aromatic heterocycles. The molecule has 0 atom stereocenters. The molecule has 28 heavy (non-hydrogen) atoms. The number of nitrogens with zero attached hydrogens (tertiary/aromatic N) is 1. The highest BCUT2D eigenvalue weighted by molar-refractivity contribution is 6.03. The largest absolute Gasteiger partial charge is 0.489 e. The summed E-state index contributed by atoms with van der Waals surface area (Å²) in [6, 6.07) is 23.2. The second-order valence-corrected chi connectivity index (χ2v) is 5.94. The summed E-state index contributed by atoms with van der Waals surface area (Å²) in [6.07, 6.45) is 2.96. The molecular weight excluding hydrogens is 356 g/mol. The van der Waals surface area contributed by atoms with E-state index in [0.717, 1.165) is 16.9 Å². The minimum absolute atomic E-state index is 0.149. The summed E-state index contributed by atoms with van der Waals surface area (Å²) in [5, 5.41) is 13.5. The van der Waals surface area contributed by atoms with E-state index >= 15 is 0 Å². The molecule has 0 fully saturated rings. The first kappa shape index (κ1) is 18.8. The van der Waals surface area contributed by atoms with E-state index in [0.29, 0.717) is 6.61 Å². The molecule has 3 aromatic rings. The second-order valence-electron chi connectivity index (χ2n) is 5.94. The van der Waals surface area contributed by atoms with Crippen molar-refractivity contribution in [2.75, 3.05) is 5.32 Å². The van der Waals surface area contributed by atoms with Gasteiger partial charge in [-0.2, -0.15) is 0 Å². The molecule has 0 aliphatic rings. The van der Waals surface area contributed by atoms with Gasteiger partial charge in [0, 0.05) is 12.1 Å². The Balaban J connectivity index is 1.57. The number of carbonyl (C=O) groups excluding carboxylic acids is 1. The van der Waals surface area contributed by atoms with Crippen LogP contribution in [0.5, 0.6) is 5.75 Å². The van der Waals surface area contributed by atoms with Crippen molar-refractivity contribution in [2.45, 2.75) is 6.61 Å². The predicted octanol–water partition coefficient (Wildman–Crippen LogP) is 4.83. The molecular formula is C22H18N2O4. The number of carbonyl (C=O) groups is 1. The van der Waals surface area contributed by atoms with Crippen molar-refractivity contribution >= 4 is 23.4 Å². The van der Waals surface area contributed by atoms with Crippen LogP contribution in [0.3, 0.4) is 0 Å². The van der Waals surface area contributed by atoms with Gasteiger partial charge in [-0.3, -0.25) is 14.9 Å². The highest BCUT2D eigenvalue weighted by Gasteiger charge is 2.13. The van der Waals surface area contributed by atoms with Crippen molar-refractivity contribution in [2.24, 2.45) is 0 Å². The Bertz CT molecular complexity index is 983. The molecule has 3 aromatic carbocycles. The lowest BCUT2D eigenvalue weighted by Crippen LogP contribution is -2.09. The Hall–Kier alpha value is -3.93. The van der Waals surface area contributed by atoms with Crippen LogP contribution in [0.4, 0.5) is 11.4 Å². The molecule has 0 saturated carbocycles. The summed E-state index contributed by atoms with van der Waals surface area (Å²) < 4.78 is 5.72. The highest BCUT2D eigenvalue weighted by atomic mass is 16.6. The summed E-state index contributed by atoms with van der Waals surface area (Å²) in [7, 11) is 0. The SMILES string of the molecule is O=C(C=Cc1ccc(OCc2ccccc2)cc1)Nc1ccccc1[N+](=O)[O-]. The zero-order valence-corrected chi connectivity index (χ0v) is 14.9. The average molecular weight is 374 g/mol. The Morgan fingerprint density at radius 1 is 0.964 bits per heavy atom. The monoisotopic (exact) mass is 374 g/mol. The maximum absolute atomic E-state index is 12.0. The van der Waals surface area contributed by atoms with Gasteiger partial charge in [-0.25, -0.2) is 0 Å². The van der Waals surface area contributed by atoms with Crippen molar-refractivity contribution in [3.63, 3.8) is 0 Å². The van der Waals surface area contributed by atoms with Gasteiger partial charge < -0.3 is 10.1 Å². The maximum atomic E-state index is 12.0. The molecule has 0 aliphatic carbocycles. The molecule has 3 rings (SSSR count). The molecule has 6 nitrogen and oxygen atoms in total. The average Bonchev–Trinajstić information content (AvgIpc) is 2.72. The molecule has 0 bridgehead atoms. The first-order valence-corrected chi connectivity index (χ1v) is 8.61. The van der Waals surface area contributed by atoms with Gasteiger partial charge in [0.2, 0.25) is 5.91 Å². The number of para-hydroxylation sites is 2. The number of hydrogen-bond donors (Lipinski definition) is 1. The Morgan fingerprint density at radius 3 is 2.36 bits per heavy atom. The van der Waals surface area contributed by atoms with Crippen LogP contribution in [0, 0.1) is 10.1 Å². The highest BCUT2D eigenvalue weighted by Crippen LogP contribution is 2.23. The van der Waals surface area contributed by atoms with Crippen molar-refractivity contribution in [3.8, 4) is 5.75 Å². The molecule has 0 radical (unpaired) electrons. The van der Waals surface area contributed by atoms with Crippen molar-refractivity contribution in [1.29, 1.82) is 0 Å². The van der Waals surface area contributed by atoms with Crippen LogP contribution in [0.15, 0.2) is 84.9 Å². The van der Waals surface area contributed by atoms with Crippen LogP contribution in [0.1, 0.15) is 11.1 Å². The van der Waals surface area contributed by atoms with E-state index in [1.807, 2.05) is 54.6 Å². The molecule has 1 amide bonds. The molecule has 0 heterocycles. The predicted molar refractivity (Wildman–Crippen MR) is 108 cm³/mol. The van der Waals surface area contributed by atoms with E-state index in [-0.39, 0.29) is 11.4 Å². The minimum atomic E-state index is -0.534. The number of amides is 1. The third-order valence-electron chi connectivity index (χ3n) is 3.91. The first-order chi connectivity index (χ1) is 13.6. The molecule has 0 unspecified atom stereocenters. The third-order valence-corrected chi connectivity index (χ3v) is 3.91. The van der Waals surface area contributed by atoms with Gasteiger partial charge in [-0.1, -0.05) is 54.6 Å². The lowest BCUT2D eigenvalue weighted by atomic mass is 10.2. The maximum Gasteiger partial charge on any atom is 0.292 e. The number of nitro benzene ring substituents is 1. The fourth-order valence-corrected chi connectivity index (χ4v) is 2.50. The van der Waals surface area contributed by atoms with Crippen LogP contribution in [0.25, 0.3) is 6.08 Å². The van der Waals surface area contributed by atoms with Gasteiger partial charge in [0.15, 0.2) is 0 Å². The number of benzene rings is 3. The topological polar surface area (TPSA) is 81.5 Å². The van der Waals surface area contributed by atoms with Crippen molar-refractivity contribution in [3.05, 3.63) is 106 Å². The second kappa shape index (κ2) is 9.14. The van der Waals surface area contributed by atoms with E-state index in [9.17, 15) is 14.9 Å². The van der Waals surface area contributed by atoms with E-state index in [4.69, 9.17) is 4.74 Å². The smallest absolute Gasteiger partial charge is 0.292 e. The number of nitro groups is 1. The lowest BCUT2D eigenvalue weighted by molar-refractivity contribution is -0.383. The summed E-state index contributed by atoms with van der Waals surface area (Å²) in [5.74, 6) is 0.282. The van der Waals surface area contributed by atoms with Gasteiger partial charge in [-0.05, 0) is 35.4 Å². The summed E-state index contributed by atoms with van der Waals surface area (Å²) in [6.45, 7) is 0.480. The molecule has 0 spiro atoms. The van der Waals surface area contributed by atoms with Gasteiger partial charge in [0.05, 0.1) is 4.92 Å². The molecule has 6 heteroatoms. The fraction of sp³-hybridized carbons (Fsp3) is 0.0455. The van der Waals surface area contributed by atoms with Gasteiger partial charge in [0.1, 0.15) is 18.0 Å². The van der Waals surface area contributed by atoms with Crippen LogP contribution in [-0.2, 0) is 11.4 Å². The zero-order chi connectivity index (χ0) is 19.8. The van der Waals surface area contributed by atoms with Crippen LogP contribution in [0.2, 0.25) is 0 Å². The number of hydrogen-bond acceptors (Lipinski definition) is 4. The number of ether oxygens (including phenoxy) is 1. The minimum Gasteiger partial charge on any atom is -0.489 e. The Kier molecular flexibility index (Phi) is 6.15. The summed E-state index contributed by atoms with van der Waals surface area (Å²) in [5.41, 5.74) is 1.90. The van der Waals surface area contributed by atoms with E-state index in [1.54, 1.807) is 18.2 Å². The van der Waals surface area contributed by atoms with E-state index < -0.39 is 10.8 Å². The molecule has 140 valence electrons. The lowest BCUT2D eigenvalue weighted by Gasteiger charge is -2.06. The van der Waals surface area contributed by atoms with Crippen LogP contribution < -0.4 is 10.1 Å². The van der Waals surface area contributed by atoms with E-state index in [1.165, 1.54) is 18.2 Å². The third kappa shape index (κ3) is 5.28. The van der Waals surface area contributed by atoms with Gasteiger partial charge in [-0.15, -0.1) is 0 Å². The van der Waals surface area contributed by atoms with Crippen LogP contribution in [-0.4, -0.2) is 10.8 Å². The number of anilines is 1. The molecule has 0 aliphatic heterocycles. The fourth-order valence-electron chi connectivity index (χ4n) is 2.50. The van der Waals surface area contributed by atoms with Crippen molar-refractivity contribution < 1.29 is 14.5 Å². The number of nitrogens with one attached hydrogen (secondary N) is 1. The van der Waals surface area contributed by atoms with Gasteiger partial charge in [0.25, 0.3) is 5.69 Å². The van der Waals surface area contributed by atoms with E-state index in [2.05, 4.69) is 5.32 Å². The molecule has 1 N–H and O–H groups in total. The Labute approximate surface area is 162 Å². The van der Waals surface area contributed by atoms with Gasteiger partial charge >= 0.3 is 0 Å². The summed E-state index contributed by atoms with van der Waals surface area (Å²) in [4.78, 5) is 22.5. The van der Waals surface area contributed by atoms with Crippen LogP contribution >= 0.6 is 0 Å².